The molecule has 0 saturated carbocycles. The molecule has 0 saturated heterocycles. The van der Waals surface area contributed by atoms with Gasteiger partial charge in [-0.1, -0.05) is 13.0 Å². The van der Waals surface area contributed by atoms with Gasteiger partial charge in [0.25, 0.3) is 0 Å². The first kappa shape index (κ1) is 15.6. The lowest BCUT2D eigenvalue weighted by molar-refractivity contribution is 0.473. The largest absolute Gasteiger partial charge is 0.453 e. The van der Waals surface area contributed by atoms with E-state index in [4.69, 9.17) is 10.5 Å². The van der Waals surface area contributed by atoms with Gasteiger partial charge in [-0.05, 0) is 56.9 Å². The molecule has 2 rings (SSSR count). The summed E-state index contributed by atoms with van der Waals surface area (Å²) < 4.78 is 7.85. The van der Waals surface area contributed by atoms with E-state index < -0.39 is 0 Å². The van der Waals surface area contributed by atoms with Gasteiger partial charge in [-0.2, -0.15) is 5.10 Å². The summed E-state index contributed by atoms with van der Waals surface area (Å²) in [6.07, 6.45) is 1.90. The summed E-state index contributed by atoms with van der Waals surface area (Å²) in [6.45, 7) is 8.19. The van der Waals surface area contributed by atoms with Crippen molar-refractivity contribution in [1.29, 1.82) is 0 Å². The summed E-state index contributed by atoms with van der Waals surface area (Å²) in [6, 6.07) is 6.42. The number of nitrogens with two attached hydrogens (primary N) is 1. The molecule has 0 fully saturated rings. The molecule has 1 aromatic carbocycles. The number of aryl methyl sites for hydroxylation is 3. The fourth-order valence-electron chi connectivity index (χ4n) is 2.41. The van der Waals surface area contributed by atoms with Crippen LogP contribution in [0.15, 0.2) is 18.2 Å². The molecule has 21 heavy (non-hydrogen) atoms. The minimum absolute atomic E-state index is 0.221. The Labute approximate surface area is 126 Å². The lowest BCUT2D eigenvalue weighted by Gasteiger charge is -2.13. The number of benzene rings is 1. The average molecular weight is 287 g/mol. The zero-order valence-corrected chi connectivity index (χ0v) is 13.6. The number of aromatic nitrogens is 2. The summed E-state index contributed by atoms with van der Waals surface area (Å²) in [7, 11) is 1.93. The highest BCUT2D eigenvalue weighted by atomic mass is 16.5. The highest BCUT2D eigenvalue weighted by Gasteiger charge is 2.12. The van der Waals surface area contributed by atoms with E-state index in [1.165, 1.54) is 11.1 Å². The van der Waals surface area contributed by atoms with E-state index >= 15 is 0 Å². The van der Waals surface area contributed by atoms with Gasteiger partial charge in [0.1, 0.15) is 11.4 Å². The van der Waals surface area contributed by atoms with E-state index in [-0.39, 0.29) is 6.04 Å². The first-order chi connectivity index (χ1) is 9.92. The molecule has 114 valence electrons. The van der Waals surface area contributed by atoms with Gasteiger partial charge in [0, 0.05) is 13.1 Å². The van der Waals surface area contributed by atoms with Gasteiger partial charge in [-0.25, -0.2) is 0 Å². The summed E-state index contributed by atoms with van der Waals surface area (Å²) in [5, 5.41) is 4.37. The van der Waals surface area contributed by atoms with Crippen molar-refractivity contribution in [1.82, 2.24) is 9.78 Å². The third kappa shape index (κ3) is 3.45. The van der Waals surface area contributed by atoms with Crippen molar-refractivity contribution < 1.29 is 4.74 Å². The van der Waals surface area contributed by atoms with Crippen molar-refractivity contribution in [3.63, 3.8) is 0 Å². The van der Waals surface area contributed by atoms with Crippen LogP contribution in [0.25, 0.3) is 0 Å². The van der Waals surface area contributed by atoms with E-state index in [1.54, 1.807) is 0 Å². The molecule has 1 unspecified atom stereocenters. The van der Waals surface area contributed by atoms with Crippen molar-refractivity contribution in [2.45, 2.75) is 46.6 Å². The third-order valence-electron chi connectivity index (χ3n) is 3.98. The number of nitrogens with zero attached hydrogens (tertiary/aromatic N) is 2. The molecule has 0 aliphatic rings. The first-order valence-electron chi connectivity index (χ1n) is 7.45. The van der Waals surface area contributed by atoms with Crippen LogP contribution >= 0.6 is 0 Å². The van der Waals surface area contributed by atoms with Crippen LogP contribution < -0.4 is 10.5 Å². The summed E-state index contributed by atoms with van der Waals surface area (Å²) in [5.41, 5.74) is 10.5. The van der Waals surface area contributed by atoms with Crippen molar-refractivity contribution in [3.05, 3.63) is 40.7 Å². The summed E-state index contributed by atoms with van der Waals surface area (Å²) in [5.74, 6) is 1.69. The standard InChI is InChI=1S/C17H25N3O/c1-6-15(18)10-14-7-8-16(9-11(14)2)21-17-12(3)19-20(5)13(17)4/h7-9,15H,6,10,18H2,1-5H3. The van der Waals surface area contributed by atoms with Crippen molar-refractivity contribution in [2.24, 2.45) is 12.8 Å². The maximum Gasteiger partial charge on any atom is 0.171 e. The lowest BCUT2D eigenvalue weighted by atomic mass is 10.00. The molecule has 0 spiro atoms. The zero-order chi connectivity index (χ0) is 15.6. The Kier molecular flexibility index (Phi) is 4.68. The minimum atomic E-state index is 0.221. The molecular weight excluding hydrogens is 262 g/mol. The van der Waals surface area contributed by atoms with Gasteiger partial charge < -0.3 is 10.5 Å². The molecule has 4 nitrogen and oxygen atoms in total. The minimum Gasteiger partial charge on any atom is -0.453 e. The molecule has 1 heterocycles. The van der Waals surface area contributed by atoms with Crippen LogP contribution in [0.2, 0.25) is 0 Å². The van der Waals surface area contributed by atoms with Crippen molar-refractivity contribution >= 4 is 0 Å². The third-order valence-corrected chi connectivity index (χ3v) is 3.98. The number of rotatable bonds is 5. The predicted molar refractivity (Wildman–Crippen MR) is 85.9 cm³/mol. The van der Waals surface area contributed by atoms with E-state index in [9.17, 15) is 0 Å². The van der Waals surface area contributed by atoms with E-state index in [2.05, 4.69) is 31.1 Å². The normalized spacial score (nSPS) is 12.5. The summed E-state index contributed by atoms with van der Waals surface area (Å²) >= 11 is 0. The Hall–Kier alpha value is -1.81. The molecule has 2 N–H and O–H groups in total. The monoisotopic (exact) mass is 287 g/mol. The lowest BCUT2D eigenvalue weighted by Crippen LogP contribution is -2.21. The van der Waals surface area contributed by atoms with Gasteiger partial charge >= 0.3 is 0 Å². The van der Waals surface area contributed by atoms with Gasteiger partial charge in [-0.3, -0.25) is 4.68 Å². The molecule has 0 aliphatic heterocycles. The molecule has 4 heteroatoms. The Balaban J connectivity index is 2.20. The molecule has 0 radical (unpaired) electrons. The number of ether oxygens (including phenoxy) is 1. The van der Waals surface area contributed by atoms with Crippen LogP contribution in [-0.4, -0.2) is 15.8 Å². The van der Waals surface area contributed by atoms with Gasteiger partial charge in [0.2, 0.25) is 0 Å². The maximum absolute atomic E-state index is 6.04. The van der Waals surface area contributed by atoms with Crippen LogP contribution in [0.4, 0.5) is 0 Å². The molecule has 0 aliphatic carbocycles. The maximum atomic E-state index is 6.04. The fourth-order valence-corrected chi connectivity index (χ4v) is 2.41. The van der Waals surface area contributed by atoms with Gasteiger partial charge in [0.15, 0.2) is 5.75 Å². The molecule has 1 aromatic heterocycles. The Morgan fingerprint density at radius 3 is 2.52 bits per heavy atom. The van der Waals surface area contributed by atoms with Crippen molar-refractivity contribution in [2.75, 3.05) is 0 Å². The van der Waals surface area contributed by atoms with Gasteiger partial charge in [-0.15, -0.1) is 0 Å². The van der Waals surface area contributed by atoms with E-state index in [1.807, 2.05) is 31.6 Å². The fraction of sp³-hybridized carbons (Fsp3) is 0.471. The topological polar surface area (TPSA) is 53.1 Å². The molecule has 0 amide bonds. The molecule has 2 aromatic rings. The zero-order valence-electron chi connectivity index (χ0n) is 13.6. The second-order valence-electron chi connectivity index (χ2n) is 5.69. The highest BCUT2D eigenvalue weighted by Crippen LogP contribution is 2.29. The van der Waals surface area contributed by atoms with Crippen LogP contribution in [0.5, 0.6) is 11.5 Å². The molecule has 0 bridgehead atoms. The Morgan fingerprint density at radius 1 is 1.29 bits per heavy atom. The van der Waals surface area contributed by atoms with E-state index in [0.717, 1.165) is 35.7 Å². The highest BCUT2D eigenvalue weighted by molar-refractivity contribution is 5.41. The smallest absolute Gasteiger partial charge is 0.171 e. The van der Waals surface area contributed by atoms with Crippen LogP contribution in [0.3, 0.4) is 0 Å². The van der Waals surface area contributed by atoms with Crippen LogP contribution in [0.1, 0.15) is 35.9 Å². The number of hydrogen-bond acceptors (Lipinski definition) is 3. The number of hydrogen-bond donors (Lipinski definition) is 1. The van der Waals surface area contributed by atoms with Gasteiger partial charge in [0.05, 0.1) is 5.69 Å². The summed E-state index contributed by atoms with van der Waals surface area (Å²) in [4.78, 5) is 0. The average Bonchev–Trinajstić information content (AvgIpc) is 2.68. The first-order valence-corrected chi connectivity index (χ1v) is 7.45. The van der Waals surface area contributed by atoms with Crippen LogP contribution in [-0.2, 0) is 13.5 Å². The Bertz CT molecular complexity index is 631. The van der Waals surface area contributed by atoms with Crippen LogP contribution in [0, 0.1) is 20.8 Å². The second-order valence-corrected chi connectivity index (χ2v) is 5.69. The Morgan fingerprint density at radius 2 is 2.00 bits per heavy atom. The van der Waals surface area contributed by atoms with E-state index in [0.29, 0.717) is 0 Å². The SMILES string of the molecule is CCC(N)Cc1ccc(Oc2c(C)nn(C)c2C)cc1C. The second kappa shape index (κ2) is 6.31. The van der Waals surface area contributed by atoms with Crippen molar-refractivity contribution in [3.8, 4) is 11.5 Å². The molecular formula is C17H25N3O. The predicted octanol–water partition coefficient (Wildman–Crippen LogP) is 3.42. The quantitative estimate of drug-likeness (QED) is 0.916. The molecule has 1 atom stereocenters.